The SMILES string of the molecule is Brc1cccc(NC2CC3CC=CC32)c1. The van der Waals surface area contributed by atoms with Crippen LogP contribution in [0.15, 0.2) is 40.9 Å². The van der Waals surface area contributed by atoms with Crippen LogP contribution >= 0.6 is 15.9 Å². The van der Waals surface area contributed by atoms with Gasteiger partial charge in [0.1, 0.15) is 0 Å². The van der Waals surface area contributed by atoms with Gasteiger partial charge in [-0.15, -0.1) is 0 Å². The highest BCUT2D eigenvalue weighted by molar-refractivity contribution is 9.10. The molecule has 0 amide bonds. The first-order valence-electron chi connectivity index (χ1n) is 5.52. The number of benzene rings is 1. The number of hydrogen-bond acceptors (Lipinski definition) is 1. The van der Waals surface area contributed by atoms with Crippen molar-refractivity contribution in [2.75, 3.05) is 5.32 Å². The number of anilines is 1. The van der Waals surface area contributed by atoms with Crippen molar-refractivity contribution in [2.45, 2.75) is 18.9 Å². The second kappa shape index (κ2) is 3.67. The molecule has 1 fully saturated rings. The highest BCUT2D eigenvalue weighted by atomic mass is 79.9. The summed E-state index contributed by atoms with van der Waals surface area (Å²) >= 11 is 3.49. The Morgan fingerprint density at radius 3 is 3.07 bits per heavy atom. The molecule has 3 atom stereocenters. The molecule has 3 rings (SSSR count). The van der Waals surface area contributed by atoms with Gasteiger partial charge in [-0.2, -0.15) is 0 Å². The Balaban J connectivity index is 1.69. The molecule has 2 aliphatic rings. The normalized spacial score (nSPS) is 32.2. The van der Waals surface area contributed by atoms with Gasteiger partial charge in [0, 0.05) is 22.1 Å². The highest BCUT2D eigenvalue weighted by Gasteiger charge is 2.40. The number of nitrogens with one attached hydrogen (secondary N) is 1. The fraction of sp³-hybridized carbons (Fsp3) is 0.385. The average molecular weight is 264 g/mol. The lowest BCUT2D eigenvalue weighted by molar-refractivity contribution is 0.218. The maximum Gasteiger partial charge on any atom is 0.0353 e. The number of allylic oxidation sites excluding steroid dienone is 1. The quantitative estimate of drug-likeness (QED) is 0.800. The lowest BCUT2D eigenvalue weighted by Crippen LogP contribution is -2.43. The minimum absolute atomic E-state index is 0.656. The smallest absolute Gasteiger partial charge is 0.0353 e. The van der Waals surface area contributed by atoms with E-state index in [1.807, 2.05) is 0 Å². The molecule has 15 heavy (non-hydrogen) atoms. The summed E-state index contributed by atoms with van der Waals surface area (Å²) in [6.07, 6.45) is 7.33. The van der Waals surface area contributed by atoms with Gasteiger partial charge in [0.2, 0.25) is 0 Å². The molecule has 0 bridgehead atoms. The molecule has 2 heteroatoms. The molecule has 0 heterocycles. The summed E-state index contributed by atoms with van der Waals surface area (Å²) in [7, 11) is 0. The Bertz CT molecular complexity index is 399. The van der Waals surface area contributed by atoms with E-state index in [0.29, 0.717) is 6.04 Å². The third-order valence-corrected chi connectivity index (χ3v) is 4.03. The fourth-order valence-electron chi connectivity index (χ4n) is 2.68. The molecule has 1 nitrogen and oxygen atoms in total. The topological polar surface area (TPSA) is 12.0 Å². The van der Waals surface area contributed by atoms with Crippen LogP contribution in [0.2, 0.25) is 0 Å². The minimum atomic E-state index is 0.656. The molecule has 2 aliphatic carbocycles. The lowest BCUT2D eigenvalue weighted by atomic mass is 9.71. The van der Waals surface area contributed by atoms with Crippen LogP contribution in [0.1, 0.15) is 12.8 Å². The molecule has 3 unspecified atom stereocenters. The third kappa shape index (κ3) is 1.71. The van der Waals surface area contributed by atoms with Crippen molar-refractivity contribution < 1.29 is 0 Å². The number of halogens is 1. The summed E-state index contributed by atoms with van der Waals surface area (Å²) in [6.45, 7) is 0. The van der Waals surface area contributed by atoms with Gasteiger partial charge in [-0.25, -0.2) is 0 Å². The van der Waals surface area contributed by atoms with Crippen molar-refractivity contribution >= 4 is 21.6 Å². The standard InChI is InChI=1S/C13H14BrN/c14-10-4-2-5-11(8-10)15-13-7-9-3-1-6-12(9)13/h1-2,4-6,8-9,12-13,15H,3,7H2. The van der Waals surface area contributed by atoms with Crippen LogP contribution in [-0.2, 0) is 0 Å². The lowest BCUT2D eigenvalue weighted by Gasteiger charge is -2.41. The predicted molar refractivity (Wildman–Crippen MR) is 66.9 cm³/mol. The molecular formula is C13H14BrN. The molecular weight excluding hydrogens is 250 g/mol. The number of hydrogen-bond donors (Lipinski definition) is 1. The van der Waals surface area contributed by atoms with Crippen LogP contribution in [0.3, 0.4) is 0 Å². The molecule has 0 aromatic heterocycles. The predicted octanol–water partition coefficient (Wildman–Crippen LogP) is 3.83. The van der Waals surface area contributed by atoms with Crippen molar-refractivity contribution in [2.24, 2.45) is 11.8 Å². The van der Waals surface area contributed by atoms with E-state index in [0.717, 1.165) is 16.3 Å². The van der Waals surface area contributed by atoms with E-state index in [1.165, 1.54) is 18.5 Å². The van der Waals surface area contributed by atoms with Crippen molar-refractivity contribution in [3.63, 3.8) is 0 Å². The van der Waals surface area contributed by atoms with Crippen LogP contribution < -0.4 is 5.32 Å². The summed E-state index contributed by atoms with van der Waals surface area (Å²) in [5.41, 5.74) is 1.23. The van der Waals surface area contributed by atoms with Gasteiger partial charge in [-0.1, -0.05) is 34.1 Å². The van der Waals surface area contributed by atoms with Crippen LogP contribution in [0, 0.1) is 11.8 Å². The van der Waals surface area contributed by atoms with Gasteiger partial charge in [-0.05, 0) is 37.0 Å². The third-order valence-electron chi connectivity index (χ3n) is 3.54. The van der Waals surface area contributed by atoms with Crippen LogP contribution in [0.25, 0.3) is 0 Å². The Kier molecular flexibility index (Phi) is 2.32. The summed E-state index contributed by atoms with van der Waals surface area (Å²) in [5, 5.41) is 3.61. The molecule has 1 saturated carbocycles. The van der Waals surface area contributed by atoms with Gasteiger partial charge in [0.05, 0.1) is 0 Å². The zero-order valence-electron chi connectivity index (χ0n) is 8.49. The van der Waals surface area contributed by atoms with E-state index in [9.17, 15) is 0 Å². The highest BCUT2D eigenvalue weighted by Crippen LogP contribution is 2.44. The minimum Gasteiger partial charge on any atom is -0.382 e. The molecule has 0 saturated heterocycles. The maximum atomic E-state index is 3.61. The molecule has 0 aliphatic heterocycles. The van der Waals surface area contributed by atoms with E-state index >= 15 is 0 Å². The van der Waals surface area contributed by atoms with Gasteiger partial charge in [0.25, 0.3) is 0 Å². The van der Waals surface area contributed by atoms with Gasteiger partial charge < -0.3 is 5.32 Å². The first-order chi connectivity index (χ1) is 7.33. The molecule has 0 radical (unpaired) electrons. The molecule has 78 valence electrons. The number of rotatable bonds is 2. The average Bonchev–Trinajstić information content (AvgIpc) is 2.56. The van der Waals surface area contributed by atoms with E-state index in [-0.39, 0.29) is 0 Å². The Hall–Kier alpha value is -0.760. The Morgan fingerprint density at radius 1 is 1.33 bits per heavy atom. The first-order valence-corrected chi connectivity index (χ1v) is 6.31. The largest absolute Gasteiger partial charge is 0.382 e. The maximum absolute atomic E-state index is 3.61. The van der Waals surface area contributed by atoms with Crippen molar-refractivity contribution in [1.82, 2.24) is 0 Å². The number of fused-ring (bicyclic) bond motifs is 1. The monoisotopic (exact) mass is 263 g/mol. The Labute approximate surface area is 98.7 Å². The Morgan fingerprint density at radius 2 is 2.27 bits per heavy atom. The summed E-state index contributed by atoms with van der Waals surface area (Å²) in [6, 6.07) is 9.07. The van der Waals surface area contributed by atoms with Crippen LogP contribution in [0.4, 0.5) is 5.69 Å². The fourth-order valence-corrected chi connectivity index (χ4v) is 3.07. The van der Waals surface area contributed by atoms with E-state index in [4.69, 9.17) is 0 Å². The summed E-state index contributed by atoms with van der Waals surface area (Å²) in [4.78, 5) is 0. The van der Waals surface area contributed by atoms with Crippen molar-refractivity contribution in [3.05, 3.63) is 40.9 Å². The van der Waals surface area contributed by atoms with Gasteiger partial charge >= 0.3 is 0 Å². The summed E-state index contributed by atoms with van der Waals surface area (Å²) < 4.78 is 1.14. The molecule has 1 N–H and O–H groups in total. The zero-order chi connectivity index (χ0) is 10.3. The first kappa shape index (κ1) is 9.46. The van der Waals surface area contributed by atoms with Crippen molar-refractivity contribution in [3.8, 4) is 0 Å². The summed E-state index contributed by atoms with van der Waals surface area (Å²) in [5.74, 6) is 1.71. The molecule has 0 spiro atoms. The molecule has 1 aromatic carbocycles. The molecule has 1 aromatic rings. The second-order valence-corrected chi connectivity index (χ2v) is 5.41. The van der Waals surface area contributed by atoms with Crippen LogP contribution in [0.5, 0.6) is 0 Å². The van der Waals surface area contributed by atoms with Gasteiger partial charge in [-0.3, -0.25) is 0 Å². The van der Waals surface area contributed by atoms with Gasteiger partial charge in [0.15, 0.2) is 0 Å². The zero-order valence-corrected chi connectivity index (χ0v) is 10.1. The van der Waals surface area contributed by atoms with Crippen molar-refractivity contribution in [1.29, 1.82) is 0 Å². The van der Waals surface area contributed by atoms with E-state index < -0.39 is 0 Å². The second-order valence-electron chi connectivity index (χ2n) is 4.50. The van der Waals surface area contributed by atoms with E-state index in [1.54, 1.807) is 0 Å². The van der Waals surface area contributed by atoms with Crippen LogP contribution in [-0.4, -0.2) is 6.04 Å². The van der Waals surface area contributed by atoms with E-state index in [2.05, 4.69) is 57.7 Å².